The molecule has 1 N–H and O–H groups in total. The second-order valence-corrected chi connectivity index (χ2v) is 8.95. The molecule has 2 amide bonds. The highest BCUT2D eigenvalue weighted by Crippen LogP contribution is 2.18. The number of unbranched alkanes of at least 4 members (excludes halogenated alkanes) is 1. The first-order valence-corrected chi connectivity index (χ1v) is 12.0. The smallest absolute Gasteiger partial charge is 0.242 e. The Morgan fingerprint density at radius 3 is 2.53 bits per heavy atom. The molecule has 4 nitrogen and oxygen atoms in total. The molecular weight excluding hydrogens is 467 g/mol. The third kappa shape index (κ3) is 7.76. The number of nitrogens with one attached hydrogen (secondary N) is 1. The minimum Gasteiger partial charge on any atom is -0.354 e. The third-order valence-corrected chi connectivity index (χ3v) is 6.20. The first-order valence-electron chi connectivity index (χ1n) is 10.0. The summed E-state index contributed by atoms with van der Waals surface area (Å²) in [5.41, 5.74) is 1.51. The molecule has 0 bridgehead atoms. The number of carbonyl (C=O) groups excluding carboxylic acids is 2. The normalized spacial score (nSPS) is 11.7. The SMILES string of the molecule is CCCCNC(=O)C(C)N(Cc1ccc(Br)cc1)C(=O)CSCc1ccccc1F. The Balaban J connectivity index is 2.04. The number of hydrogen-bond donors (Lipinski definition) is 1. The molecule has 0 radical (unpaired) electrons. The summed E-state index contributed by atoms with van der Waals surface area (Å²) < 4.78 is 14.8. The van der Waals surface area contributed by atoms with Crippen molar-refractivity contribution in [1.82, 2.24) is 10.2 Å². The van der Waals surface area contributed by atoms with Gasteiger partial charge < -0.3 is 10.2 Å². The summed E-state index contributed by atoms with van der Waals surface area (Å²) in [5, 5.41) is 2.91. The van der Waals surface area contributed by atoms with Crippen molar-refractivity contribution >= 4 is 39.5 Å². The van der Waals surface area contributed by atoms with Crippen LogP contribution in [-0.4, -0.2) is 35.1 Å². The molecule has 2 rings (SSSR count). The van der Waals surface area contributed by atoms with Crippen LogP contribution >= 0.6 is 27.7 Å². The van der Waals surface area contributed by atoms with Crippen LogP contribution < -0.4 is 5.32 Å². The average Bonchev–Trinajstić information content (AvgIpc) is 2.74. The number of rotatable bonds is 11. The lowest BCUT2D eigenvalue weighted by atomic mass is 10.1. The van der Waals surface area contributed by atoms with E-state index in [4.69, 9.17) is 0 Å². The van der Waals surface area contributed by atoms with Gasteiger partial charge in [0.2, 0.25) is 11.8 Å². The Hall–Kier alpha value is -1.86. The van der Waals surface area contributed by atoms with Gasteiger partial charge in [0.1, 0.15) is 11.9 Å². The Morgan fingerprint density at radius 1 is 1.17 bits per heavy atom. The van der Waals surface area contributed by atoms with Crippen LogP contribution in [0.5, 0.6) is 0 Å². The van der Waals surface area contributed by atoms with E-state index in [-0.39, 0.29) is 23.4 Å². The summed E-state index contributed by atoms with van der Waals surface area (Å²) in [6.07, 6.45) is 1.89. The molecule has 0 heterocycles. The van der Waals surface area contributed by atoms with E-state index in [9.17, 15) is 14.0 Å². The summed E-state index contributed by atoms with van der Waals surface area (Å²) in [4.78, 5) is 27.2. The number of benzene rings is 2. The molecule has 162 valence electrons. The minimum absolute atomic E-state index is 0.141. The molecule has 30 heavy (non-hydrogen) atoms. The fourth-order valence-electron chi connectivity index (χ4n) is 2.85. The van der Waals surface area contributed by atoms with E-state index < -0.39 is 6.04 Å². The van der Waals surface area contributed by atoms with E-state index in [1.807, 2.05) is 24.3 Å². The van der Waals surface area contributed by atoms with Crippen LogP contribution in [0, 0.1) is 5.82 Å². The first kappa shape index (κ1) is 24.4. The molecule has 0 saturated heterocycles. The standard InChI is InChI=1S/C23H28BrFN2O2S/c1-3-4-13-26-23(29)17(2)27(14-18-9-11-20(24)12-10-18)22(28)16-30-15-19-7-5-6-8-21(19)25/h5-12,17H,3-4,13-16H2,1-2H3,(H,26,29). The zero-order valence-electron chi connectivity index (χ0n) is 17.4. The van der Waals surface area contributed by atoms with Crippen molar-refractivity contribution in [3.8, 4) is 0 Å². The van der Waals surface area contributed by atoms with Gasteiger partial charge in [0, 0.05) is 23.3 Å². The number of hydrogen-bond acceptors (Lipinski definition) is 3. The monoisotopic (exact) mass is 494 g/mol. The predicted molar refractivity (Wildman–Crippen MR) is 125 cm³/mol. The molecule has 2 aromatic rings. The van der Waals surface area contributed by atoms with Crippen molar-refractivity contribution in [3.63, 3.8) is 0 Å². The molecule has 0 aliphatic rings. The lowest BCUT2D eigenvalue weighted by Crippen LogP contribution is -2.48. The number of halogens is 2. The quantitative estimate of drug-likeness (QED) is 0.439. The Morgan fingerprint density at radius 2 is 1.87 bits per heavy atom. The maximum absolute atomic E-state index is 13.8. The Labute approximate surface area is 190 Å². The van der Waals surface area contributed by atoms with Crippen molar-refractivity contribution in [3.05, 3.63) is 69.9 Å². The highest BCUT2D eigenvalue weighted by molar-refractivity contribution is 9.10. The second kappa shape index (κ2) is 12.7. The molecule has 0 aromatic heterocycles. The number of carbonyl (C=O) groups is 2. The van der Waals surface area contributed by atoms with Gasteiger partial charge >= 0.3 is 0 Å². The van der Waals surface area contributed by atoms with Crippen molar-refractivity contribution in [2.45, 2.75) is 45.0 Å². The predicted octanol–water partition coefficient (Wildman–Crippen LogP) is 5.16. The molecule has 2 aromatic carbocycles. The van der Waals surface area contributed by atoms with E-state index in [2.05, 4.69) is 28.2 Å². The fraction of sp³-hybridized carbons (Fsp3) is 0.391. The van der Waals surface area contributed by atoms with E-state index >= 15 is 0 Å². The number of amides is 2. The molecule has 1 atom stereocenters. The van der Waals surface area contributed by atoms with Gasteiger partial charge in [0.15, 0.2) is 0 Å². The van der Waals surface area contributed by atoms with Crippen LogP contribution in [-0.2, 0) is 21.9 Å². The molecular formula is C23H28BrFN2O2S. The van der Waals surface area contributed by atoms with Gasteiger partial charge in [-0.15, -0.1) is 11.8 Å². The summed E-state index contributed by atoms with van der Waals surface area (Å²) in [7, 11) is 0. The van der Waals surface area contributed by atoms with Crippen LogP contribution in [0.1, 0.15) is 37.8 Å². The van der Waals surface area contributed by atoms with Crippen LogP contribution in [0.25, 0.3) is 0 Å². The molecule has 0 fully saturated rings. The van der Waals surface area contributed by atoms with Gasteiger partial charge in [-0.25, -0.2) is 4.39 Å². The molecule has 0 spiro atoms. The van der Waals surface area contributed by atoms with Crippen molar-refractivity contribution < 1.29 is 14.0 Å². The lowest BCUT2D eigenvalue weighted by Gasteiger charge is -2.29. The van der Waals surface area contributed by atoms with Crippen LogP contribution in [0.2, 0.25) is 0 Å². The molecule has 1 unspecified atom stereocenters. The highest BCUT2D eigenvalue weighted by Gasteiger charge is 2.25. The third-order valence-electron chi connectivity index (χ3n) is 4.70. The summed E-state index contributed by atoms with van der Waals surface area (Å²) >= 11 is 4.76. The van der Waals surface area contributed by atoms with Crippen LogP contribution in [0.4, 0.5) is 4.39 Å². The number of nitrogens with zero attached hydrogens (tertiary/aromatic N) is 1. The largest absolute Gasteiger partial charge is 0.354 e. The zero-order chi connectivity index (χ0) is 21.9. The van der Waals surface area contributed by atoms with Gasteiger partial charge in [0.05, 0.1) is 5.75 Å². The summed E-state index contributed by atoms with van der Waals surface area (Å²) in [5.74, 6) is 0.0113. The first-order chi connectivity index (χ1) is 14.4. The molecule has 0 aliphatic carbocycles. The van der Waals surface area contributed by atoms with Crippen LogP contribution in [0.3, 0.4) is 0 Å². The summed E-state index contributed by atoms with van der Waals surface area (Å²) in [6, 6.07) is 13.7. The highest BCUT2D eigenvalue weighted by atomic mass is 79.9. The topological polar surface area (TPSA) is 49.4 Å². The maximum atomic E-state index is 13.8. The van der Waals surface area contributed by atoms with E-state index in [1.165, 1.54) is 17.8 Å². The average molecular weight is 495 g/mol. The van der Waals surface area contributed by atoms with Gasteiger partial charge in [-0.1, -0.05) is 59.6 Å². The Kier molecular flexibility index (Phi) is 10.4. The van der Waals surface area contributed by atoms with Gasteiger partial charge in [-0.3, -0.25) is 9.59 Å². The van der Waals surface area contributed by atoms with Crippen molar-refractivity contribution in [2.75, 3.05) is 12.3 Å². The van der Waals surface area contributed by atoms with E-state index in [0.717, 1.165) is 22.9 Å². The fourth-order valence-corrected chi connectivity index (χ4v) is 4.01. The zero-order valence-corrected chi connectivity index (χ0v) is 19.8. The number of thioether (sulfide) groups is 1. The van der Waals surface area contributed by atoms with Crippen LogP contribution in [0.15, 0.2) is 53.0 Å². The molecule has 7 heteroatoms. The molecule has 0 saturated carbocycles. The van der Waals surface area contributed by atoms with Crippen molar-refractivity contribution in [1.29, 1.82) is 0 Å². The Bertz CT molecular complexity index is 832. The maximum Gasteiger partial charge on any atom is 0.242 e. The van der Waals surface area contributed by atoms with Gasteiger partial charge in [0.25, 0.3) is 0 Å². The summed E-state index contributed by atoms with van der Waals surface area (Å²) in [6.45, 7) is 4.75. The lowest BCUT2D eigenvalue weighted by molar-refractivity contribution is -0.138. The van der Waals surface area contributed by atoms with E-state index in [1.54, 1.807) is 30.0 Å². The molecule has 0 aliphatic heterocycles. The second-order valence-electron chi connectivity index (χ2n) is 7.05. The van der Waals surface area contributed by atoms with Gasteiger partial charge in [-0.05, 0) is 42.7 Å². The minimum atomic E-state index is -0.591. The van der Waals surface area contributed by atoms with E-state index in [0.29, 0.717) is 24.4 Å². The van der Waals surface area contributed by atoms with Crippen molar-refractivity contribution in [2.24, 2.45) is 0 Å². The van der Waals surface area contributed by atoms with Gasteiger partial charge in [-0.2, -0.15) is 0 Å².